The van der Waals surface area contributed by atoms with Crippen LogP contribution in [0.5, 0.6) is 5.75 Å². The molecule has 1 rings (SSSR count). The van der Waals surface area contributed by atoms with E-state index in [2.05, 4.69) is 33.0 Å². The van der Waals surface area contributed by atoms with Crippen LogP contribution in [-0.4, -0.2) is 72.7 Å². The minimum atomic E-state index is -4.16. The number of hydrogen-bond donors (Lipinski definition) is 2. The number of amides is 1. The first-order chi connectivity index (χ1) is 18.9. The zero-order chi connectivity index (χ0) is 30.4. The number of nitro groups is 1. The summed E-state index contributed by atoms with van der Waals surface area (Å²) in [5.41, 5.74) is -0.150. The van der Waals surface area contributed by atoms with E-state index in [1.165, 1.54) is 106 Å². The fourth-order valence-electron chi connectivity index (χ4n) is 4.09. The molecule has 0 heterocycles. The molecule has 0 fully saturated rings. The van der Waals surface area contributed by atoms with Gasteiger partial charge in [0.25, 0.3) is 15.8 Å². The number of quaternary nitrogens is 1. The summed E-state index contributed by atoms with van der Waals surface area (Å²) in [6, 6.07) is 4.85. The maximum absolute atomic E-state index is 11.5. The second-order valence-corrected chi connectivity index (χ2v) is 11.6. The highest BCUT2D eigenvalue weighted by atomic mass is 32.2. The third-order valence-corrected chi connectivity index (χ3v) is 7.18. The molecule has 1 amide bonds. The van der Waals surface area contributed by atoms with Crippen LogP contribution in [0.1, 0.15) is 91.9 Å². The molecule has 0 aliphatic rings. The zero-order valence-electron chi connectivity index (χ0n) is 24.7. The number of carbonyl (C=O) groups excluding carboxylic acids is 2. The fraction of sp³-hybridized carbons (Fsp3) is 0.714. The third-order valence-electron chi connectivity index (χ3n) is 6.46. The van der Waals surface area contributed by atoms with Gasteiger partial charge < -0.3 is 14.5 Å². The van der Waals surface area contributed by atoms with Crippen LogP contribution in [0.15, 0.2) is 24.3 Å². The topological polar surface area (TPSA) is 153 Å². The minimum Gasteiger partial charge on any atom is -0.427 e. The highest BCUT2D eigenvalue weighted by Gasteiger charge is 2.24. The van der Waals surface area contributed by atoms with E-state index in [0.29, 0.717) is 0 Å². The van der Waals surface area contributed by atoms with Crippen molar-refractivity contribution in [1.82, 2.24) is 5.32 Å². The van der Waals surface area contributed by atoms with Crippen LogP contribution in [-0.2, 0) is 19.7 Å². The molecule has 11 nitrogen and oxygen atoms in total. The molecule has 40 heavy (non-hydrogen) atoms. The number of benzene rings is 1. The quantitative estimate of drug-likeness (QED) is 0.0520. The maximum atomic E-state index is 11.5. The van der Waals surface area contributed by atoms with Gasteiger partial charge in [-0.1, -0.05) is 53.4 Å². The van der Waals surface area contributed by atoms with E-state index in [9.17, 15) is 28.1 Å². The smallest absolute Gasteiger partial charge is 0.311 e. The maximum Gasteiger partial charge on any atom is 0.311 e. The van der Waals surface area contributed by atoms with Crippen molar-refractivity contribution in [3.05, 3.63) is 34.4 Å². The molecular weight excluding hydrogens is 538 g/mol. The van der Waals surface area contributed by atoms with Crippen molar-refractivity contribution in [3.63, 3.8) is 0 Å². The summed E-state index contributed by atoms with van der Waals surface area (Å²) in [6.45, 7) is 14.7. The van der Waals surface area contributed by atoms with Crippen molar-refractivity contribution in [2.75, 3.05) is 38.5 Å². The van der Waals surface area contributed by atoms with Gasteiger partial charge in [0.1, 0.15) is 5.75 Å². The van der Waals surface area contributed by atoms with E-state index in [4.69, 9.17) is 9.29 Å². The molecule has 0 bridgehead atoms. The molecule has 0 aliphatic heterocycles. The lowest BCUT2D eigenvalue weighted by atomic mass is 10.1. The van der Waals surface area contributed by atoms with Gasteiger partial charge in [-0.15, -0.1) is 0 Å². The number of nitrogens with one attached hydrogen (secondary N) is 1. The number of non-ortho nitro benzene ring substituents is 1. The zero-order valence-corrected chi connectivity index (χ0v) is 25.5. The van der Waals surface area contributed by atoms with E-state index >= 15 is 0 Å². The van der Waals surface area contributed by atoms with Gasteiger partial charge in [-0.25, -0.2) is 0 Å². The number of ether oxygens (including phenoxy) is 1. The SMILES string of the molecule is CCCC[N+](CCCC)(CCCC)CCCC.O=C(CCC(=O)Oc1ccc([N+](=O)[O-])cc1)NCCS(=O)(=O)O. The Labute approximate surface area is 240 Å². The summed E-state index contributed by atoms with van der Waals surface area (Å²) in [5.74, 6) is -1.81. The number of rotatable bonds is 20. The van der Waals surface area contributed by atoms with E-state index in [0.717, 1.165) is 0 Å². The van der Waals surface area contributed by atoms with E-state index in [-0.39, 0.29) is 30.8 Å². The van der Waals surface area contributed by atoms with Gasteiger partial charge in [0.2, 0.25) is 5.91 Å². The molecule has 1 aromatic carbocycles. The summed E-state index contributed by atoms with van der Waals surface area (Å²) in [5, 5.41) is 12.7. The Morgan fingerprint density at radius 1 is 0.875 bits per heavy atom. The molecule has 0 saturated carbocycles. The predicted octanol–water partition coefficient (Wildman–Crippen LogP) is 5.29. The third kappa shape index (κ3) is 18.7. The van der Waals surface area contributed by atoms with Crippen LogP contribution < -0.4 is 10.1 Å². The van der Waals surface area contributed by atoms with Crippen molar-refractivity contribution in [1.29, 1.82) is 0 Å². The molecule has 2 N–H and O–H groups in total. The average molecular weight is 589 g/mol. The minimum absolute atomic E-state index is 0.104. The van der Waals surface area contributed by atoms with Gasteiger partial charge in [0.15, 0.2) is 0 Å². The molecule has 0 aromatic heterocycles. The lowest BCUT2D eigenvalue weighted by molar-refractivity contribution is -0.929. The molecule has 12 heteroatoms. The van der Waals surface area contributed by atoms with Gasteiger partial charge in [-0.05, 0) is 37.8 Å². The lowest BCUT2D eigenvalue weighted by Crippen LogP contribution is -2.50. The van der Waals surface area contributed by atoms with Gasteiger partial charge in [0.05, 0.1) is 43.3 Å². The first kappa shape index (κ1) is 37.4. The Kier molecular flexibility index (Phi) is 19.9. The summed E-state index contributed by atoms with van der Waals surface area (Å²) >= 11 is 0. The van der Waals surface area contributed by atoms with Crippen LogP contribution >= 0.6 is 0 Å². The van der Waals surface area contributed by atoms with Gasteiger partial charge in [0, 0.05) is 25.1 Å². The largest absolute Gasteiger partial charge is 0.427 e. The fourth-order valence-corrected chi connectivity index (χ4v) is 4.45. The van der Waals surface area contributed by atoms with Gasteiger partial charge in [-0.3, -0.25) is 24.3 Å². The van der Waals surface area contributed by atoms with Gasteiger partial charge in [-0.2, -0.15) is 8.42 Å². The number of nitrogens with zero attached hydrogens (tertiary/aromatic N) is 2. The Bertz CT molecular complexity index is 931. The first-order valence-corrected chi connectivity index (χ1v) is 16.0. The normalized spacial score (nSPS) is 11.3. The van der Waals surface area contributed by atoms with Crippen molar-refractivity contribution in [2.45, 2.75) is 91.9 Å². The van der Waals surface area contributed by atoms with Crippen LogP contribution in [0, 0.1) is 10.1 Å². The first-order valence-electron chi connectivity index (χ1n) is 14.4. The van der Waals surface area contributed by atoms with Crippen LogP contribution in [0.3, 0.4) is 0 Å². The standard InChI is InChI=1S/C16H36N.C12H14N2O8S/c1-5-9-13-17(14-10-6-2,15-11-7-3)16-12-8-4;15-11(13-7-8-23(19,20)21)5-6-12(16)22-10-3-1-9(2-4-10)14(17)18/h5-16H2,1-4H3;1-4H,5-8H2,(H,13,15)(H,19,20,21)/q+1;. The number of carbonyl (C=O) groups is 2. The molecule has 0 spiro atoms. The molecule has 0 saturated heterocycles. The van der Waals surface area contributed by atoms with E-state index in [1.54, 1.807) is 0 Å². The number of unbranched alkanes of at least 4 members (excludes halogenated alkanes) is 4. The van der Waals surface area contributed by atoms with Crippen LogP contribution in [0.25, 0.3) is 0 Å². The second-order valence-electron chi connectivity index (χ2n) is 10.0. The Hall–Kier alpha value is -2.57. The Morgan fingerprint density at radius 2 is 1.32 bits per heavy atom. The van der Waals surface area contributed by atoms with Crippen LogP contribution in [0.2, 0.25) is 0 Å². The molecule has 0 aliphatic carbocycles. The molecule has 230 valence electrons. The van der Waals surface area contributed by atoms with E-state index < -0.39 is 32.7 Å². The lowest BCUT2D eigenvalue weighted by Gasteiger charge is -2.39. The summed E-state index contributed by atoms with van der Waals surface area (Å²) in [6.07, 6.45) is 10.6. The molecular formula is C28H50N3O8S+. The Balaban J connectivity index is 0.000000799. The molecule has 0 unspecified atom stereocenters. The summed E-state index contributed by atoms with van der Waals surface area (Å²) in [4.78, 5) is 32.7. The second kappa shape index (κ2) is 21.2. The summed E-state index contributed by atoms with van der Waals surface area (Å²) in [7, 11) is -4.16. The summed E-state index contributed by atoms with van der Waals surface area (Å²) < 4.78 is 35.6. The van der Waals surface area contributed by atoms with Crippen LogP contribution in [0.4, 0.5) is 5.69 Å². The Morgan fingerprint density at radius 3 is 1.70 bits per heavy atom. The number of hydrogen-bond acceptors (Lipinski definition) is 7. The van der Waals surface area contributed by atoms with Crippen molar-refractivity contribution in [2.24, 2.45) is 0 Å². The number of nitro benzene ring substituents is 1. The van der Waals surface area contributed by atoms with E-state index in [1.807, 2.05) is 0 Å². The monoisotopic (exact) mass is 588 g/mol. The number of esters is 1. The average Bonchev–Trinajstić information content (AvgIpc) is 2.91. The highest BCUT2D eigenvalue weighted by Crippen LogP contribution is 2.18. The molecule has 1 aromatic rings. The predicted molar refractivity (Wildman–Crippen MR) is 157 cm³/mol. The highest BCUT2D eigenvalue weighted by molar-refractivity contribution is 7.85. The van der Waals surface area contributed by atoms with Crippen molar-refractivity contribution >= 4 is 27.7 Å². The molecule has 0 atom stereocenters. The van der Waals surface area contributed by atoms with Crippen molar-refractivity contribution < 1.29 is 36.7 Å². The molecule has 0 radical (unpaired) electrons. The van der Waals surface area contributed by atoms with Crippen molar-refractivity contribution in [3.8, 4) is 5.75 Å². The van der Waals surface area contributed by atoms with Gasteiger partial charge >= 0.3 is 5.97 Å².